The Labute approximate surface area is 174 Å². The average Bonchev–Trinajstić information content (AvgIpc) is 2.70. The fourth-order valence-corrected chi connectivity index (χ4v) is 4.14. The minimum Gasteiger partial charge on any atom is -0.481 e. The van der Waals surface area contributed by atoms with Gasteiger partial charge in [-0.25, -0.2) is 0 Å². The molecular formula is C22H38O7. The highest BCUT2D eigenvalue weighted by Gasteiger charge is 2.27. The van der Waals surface area contributed by atoms with Crippen molar-refractivity contribution in [1.29, 1.82) is 0 Å². The maximum atomic E-state index is 11.2. The first kappa shape index (κ1) is 25.4. The lowest BCUT2D eigenvalue weighted by molar-refractivity contribution is -0.146. The quantitative estimate of drug-likeness (QED) is 0.584. The van der Waals surface area contributed by atoms with Gasteiger partial charge in [-0.3, -0.25) is 14.4 Å². The van der Waals surface area contributed by atoms with Crippen LogP contribution in [-0.2, 0) is 23.9 Å². The van der Waals surface area contributed by atoms with Gasteiger partial charge in [0.05, 0.1) is 19.1 Å². The number of ether oxygens (including phenoxy) is 2. The minimum atomic E-state index is -0.704. The van der Waals surface area contributed by atoms with E-state index < -0.39 is 5.97 Å². The van der Waals surface area contributed by atoms with Crippen LogP contribution < -0.4 is 0 Å². The van der Waals surface area contributed by atoms with Crippen LogP contribution in [0.15, 0.2) is 0 Å². The lowest BCUT2D eigenvalue weighted by Gasteiger charge is -2.26. The van der Waals surface area contributed by atoms with Crippen LogP contribution in [0, 0.1) is 23.7 Å². The molecule has 29 heavy (non-hydrogen) atoms. The Balaban J connectivity index is 0.000000291. The first-order chi connectivity index (χ1) is 13.9. The zero-order chi connectivity index (χ0) is 21.6. The summed E-state index contributed by atoms with van der Waals surface area (Å²) < 4.78 is 9.77. The maximum Gasteiger partial charge on any atom is 0.306 e. The zero-order valence-electron chi connectivity index (χ0n) is 17.9. The summed E-state index contributed by atoms with van der Waals surface area (Å²) in [5, 5.41) is 17.8. The minimum absolute atomic E-state index is 0.0695. The molecule has 7 heteroatoms. The molecule has 0 unspecified atom stereocenters. The Morgan fingerprint density at radius 2 is 1.10 bits per heavy atom. The van der Waals surface area contributed by atoms with E-state index in [2.05, 4.69) is 0 Å². The third-order valence-corrected chi connectivity index (χ3v) is 5.94. The van der Waals surface area contributed by atoms with Crippen molar-refractivity contribution in [2.75, 3.05) is 19.8 Å². The molecule has 0 aromatic carbocycles. The summed E-state index contributed by atoms with van der Waals surface area (Å²) in [7, 11) is 0. The highest BCUT2D eigenvalue weighted by Crippen LogP contribution is 2.31. The van der Waals surface area contributed by atoms with Gasteiger partial charge in [-0.2, -0.15) is 0 Å². The van der Waals surface area contributed by atoms with Gasteiger partial charge in [0.2, 0.25) is 0 Å². The molecule has 0 heterocycles. The van der Waals surface area contributed by atoms with E-state index >= 15 is 0 Å². The van der Waals surface area contributed by atoms with Crippen molar-refractivity contribution in [2.24, 2.45) is 23.7 Å². The van der Waals surface area contributed by atoms with Crippen molar-refractivity contribution in [2.45, 2.75) is 78.1 Å². The summed E-state index contributed by atoms with van der Waals surface area (Å²) in [6.45, 7) is 4.82. The standard InChI is InChI=1S/C11H18O4.C11H20O3/c1-2-15-10(12)7-8-3-5-9(6-4-8)11(13)14;1-2-14-11(13)7-9-3-5-10(8-12)6-4-9/h8-9H,2-7H2,1H3,(H,13,14);9-10,12H,2-8H2,1H3. The number of aliphatic hydroxyl groups is 1. The van der Waals surface area contributed by atoms with Crippen LogP contribution in [0.5, 0.6) is 0 Å². The molecule has 2 aliphatic carbocycles. The van der Waals surface area contributed by atoms with Crippen LogP contribution in [0.25, 0.3) is 0 Å². The Kier molecular flexibility index (Phi) is 12.6. The Morgan fingerprint density at radius 3 is 1.45 bits per heavy atom. The Hall–Kier alpha value is -1.63. The van der Waals surface area contributed by atoms with Gasteiger partial charge in [0.15, 0.2) is 0 Å². The number of hydrogen-bond acceptors (Lipinski definition) is 6. The monoisotopic (exact) mass is 414 g/mol. The molecular weight excluding hydrogens is 376 g/mol. The fraction of sp³-hybridized carbons (Fsp3) is 0.864. The fourth-order valence-electron chi connectivity index (χ4n) is 4.14. The number of carboxylic acid groups (broad SMARTS) is 1. The summed E-state index contributed by atoms with van der Waals surface area (Å²) >= 11 is 0. The third-order valence-electron chi connectivity index (χ3n) is 5.94. The van der Waals surface area contributed by atoms with Gasteiger partial charge in [0, 0.05) is 19.4 Å². The highest BCUT2D eigenvalue weighted by molar-refractivity contribution is 5.71. The van der Waals surface area contributed by atoms with Crippen LogP contribution in [0.4, 0.5) is 0 Å². The van der Waals surface area contributed by atoms with Crippen LogP contribution >= 0.6 is 0 Å². The summed E-state index contributed by atoms with van der Waals surface area (Å²) in [4.78, 5) is 33.1. The van der Waals surface area contributed by atoms with Crippen molar-refractivity contribution in [3.63, 3.8) is 0 Å². The van der Waals surface area contributed by atoms with Crippen LogP contribution in [0.2, 0.25) is 0 Å². The molecule has 0 saturated heterocycles. The van der Waals surface area contributed by atoms with Gasteiger partial charge in [0.25, 0.3) is 0 Å². The number of carbonyl (C=O) groups excluding carboxylic acids is 2. The predicted octanol–water partition coefficient (Wildman–Crippen LogP) is 3.57. The maximum absolute atomic E-state index is 11.2. The molecule has 2 N–H and O–H groups in total. The first-order valence-corrected chi connectivity index (χ1v) is 11.0. The molecule has 2 saturated carbocycles. The van der Waals surface area contributed by atoms with Gasteiger partial charge in [-0.15, -0.1) is 0 Å². The predicted molar refractivity (Wildman–Crippen MR) is 108 cm³/mol. The third kappa shape index (κ3) is 10.6. The van der Waals surface area contributed by atoms with Gasteiger partial charge < -0.3 is 19.7 Å². The normalized spacial score (nSPS) is 26.6. The van der Waals surface area contributed by atoms with E-state index in [4.69, 9.17) is 19.7 Å². The molecule has 2 rings (SSSR count). The highest BCUT2D eigenvalue weighted by atomic mass is 16.5. The second-order valence-corrected chi connectivity index (χ2v) is 8.14. The second kappa shape index (κ2) is 14.4. The van der Waals surface area contributed by atoms with Crippen LogP contribution in [0.3, 0.4) is 0 Å². The van der Waals surface area contributed by atoms with Crippen molar-refractivity contribution < 1.29 is 34.1 Å². The molecule has 0 aliphatic heterocycles. The van der Waals surface area contributed by atoms with Crippen LogP contribution in [0.1, 0.15) is 78.1 Å². The van der Waals surface area contributed by atoms with E-state index in [9.17, 15) is 14.4 Å². The topological polar surface area (TPSA) is 110 Å². The van der Waals surface area contributed by atoms with E-state index in [0.29, 0.717) is 63.3 Å². The van der Waals surface area contributed by atoms with Crippen molar-refractivity contribution in [3.8, 4) is 0 Å². The van der Waals surface area contributed by atoms with E-state index in [0.717, 1.165) is 38.5 Å². The Morgan fingerprint density at radius 1 is 0.724 bits per heavy atom. The number of rotatable bonds is 8. The molecule has 168 valence electrons. The van der Waals surface area contributed by atoms with Gasteiger partial charge in [0.1, 0.15) is 0 Å². The SMILES string of the molecule is CCOC(=O)CC1CCC(C(=O)O)CC1.CCOC(=O)CC1CCC(CO)CC1. The molecule has 0 bridgehead atoms. The molecule has 2 fully saturated rings. The molecule has 0 aromatic heterocycles. The van der Waals surface area contributed by atoms with Gasteiger partial charge >= 0.3 is 17.9 Å². The Bertz CT molecular complexity index is 489. The van der Waals surface area contributed by atoms with E-state index in [1.165, 1.54) is 0 Å². The molecule has 7 nitrogen and oxygen atoms in total. The van der Waals surface area contributed by atoms with E-state index in [1.807, 2.05) is 6.92 Å². The molecule has 2 aliphatic rings. The van der Waals surface area contributed by atoms with Crippen molar-refractivity contribution >= 4 is 17.9 Å². The van der Waals surface area contributed by atoms with Gasteiger partial charge in [-0.05, 0) is 83.0 Å². The summed E-state index contributed by atoms with van der Waals surface area (Å²) in [6, 6.07) is 0. The van der Waals surface area contributed by atoms with Gasteiger partial charge in [-0.1, -0.05) is 0 Å². The summed E-state index contributed by atoms with van der Waals surface area (Å²) in [6.07, 6.45) is 8.28. The molecule has 0 spiro atoms. The molecule has 0 amide bonds. The zero-order valence-corrected chi connectivity index (χ0v) is 17.9. The average molecular weight is 415 g/mol. The smallest absolute Gasteiger partial charge is 0.306 e. The molecule has 0 atom stereocenters. The number of aliphatic hydroxyl groups excluding tert-OH is 1. The number of carboxylic acids is 1. The number of hydrogen-bond donors (Lipinski definition) is 2. The van der Waals surface area contributed by atoms with Crippen LogP contribution in [-0.4, -0.2) is 47.9 Å². The van der Waals surface area contributed by atoms with Crippen molar-refractivity contribution in [1.82, 2.24) is 0 Å². The lowest BCUT2D eigenvalue weighted by Crippen LogP contribution is -2.23. The summed E-state index contributed by atoms with van der Waals surface area (Å²) in [5.74, 6) is 0.134. The van der Waals surface area contributed by atoms with Crippen molar-refractivity contribution in [3.05, 3.63) is 0 Å². The molecule has 0 aromatic rings. The summed E-state index contributed by atoms with van der Waals surface area (Å²) in [5.41, 5.74) is 0. The van der Waals surface area contributed by atoms with E-state index in [-0.39, 0.29) is 17.9 Å². The number of aliphatic carboxylic acids is 1. The lowest BCUT2D eigenvalue weighted by atomic mass is 9.80. The first-order valence-electron chi connectivity index (χ1n) is 11.0. The molecule has 0 radical (unpaired) electrons. The second-order valence-electron chi connectivity index (χ2n) is 8.14. The van der Waals surface area contributed by atoms with E-state index in [1.54, 1.807) is 6.92 Å². The largest absolute Gasteiger partial charge is 0.481 e. The number of esters is 2. The number of carbonyl (C=O) groups is 3.